The zero-order chi connectivity index (χ0) is 22.4. The number of rotatable bonds is 8. The van der Waals surface area contributed by atoms with E-state index in [4.69, 9.17) is 4.74 Å². The lowest BCUT2D eigenvalue weighted by Gasteiger charge is -2.41. The van der Waals surface area contributed by atoms with Gasteiger partial charge in [-0.05, 0) is 70.2 Å². The van der Waals surface area contributed by atoms with Crippen LogP contribution in [0, 0.1) is 12.8 Å². The molecule has 1 fully saturated rings. The Morgan fingerprint density at radius 3 is 2.42 bits per heavy atom. The highest BCUT2D eigenvalue weighted by atomic mass is 16.5. The molecule has 1 N–H and O–H groups in total. The van der Waals surface area contributed by atoms with Crippen LogP contribution >= 0.6 is 0 Å². The topological polar surface area (TPSA) is 61.9 Å². The van der Waals surface area contributed by atoms with Crippen molar-refractivity contribution in [2.24, 2.45) is 5.92 Å². The van der Waals surface area contributed by atoms with Crippen molar-refractivity contribution in [3.63, 3.8) is 0 Å². The molecule has 1 saturated heterocycles. The molecule has 0 radical (unpaired) electrons. The summed E-state index contributed by atoms with van der Waals surface area (Å²) in [7, 11) is 5.67. The van der Waals surface area contributed by atoms with E-state index in [1.807, 2.05) is 69.6 Å². The number of hydrogen-bond acceptors (Lipinski definition) is 4. The van der Waals surface area contributed by atoms with Crippen molar-refractivity contribution in [2.75, 3.05) is 39.2 Å². The predicted molar refractivity (Wildman–Crippen MR) is 123 cm³/mol. The highest BCUT2D eigenvalue weighted by molar-refractivity contribution is 5.97. The van der Waals surface area contributed by atoms with Crippen molar-refractivity contribution in [1.29, 1.82) is 0 Å². The Hall–Kier alpha value is -2.86. The summed E-state index contributed by atoms with van der Waals surface area (Å²) in [6.45, 7) is 3.56. The number of aryl methyl sites for hydroxylation is 1. The highest BCUT2D eigenvalue weighted by Gasteiger charge is 2.41. The number of anilines is 1. The molecule has 2 atom stereocenters. The number of ether oxygens (including phenoxy) is 1. The Kier molecular flexibility index (Phi) is 7.69. The number of carbonyl (C=O) groups excluding carboxylic acids is 2. The zero-order valence-electron chi connectivity index (χ0n) is 18.9. The summed E-state index contributed by atoms with van der Waals surface area (Å²) in [5.41, 5.74) is 2.88. The largest absolute Gasteiger partial charge is 0.497 e. The van der Waals surface area contributed by atoms with Crippen molar-refractivity contribution < 1.29 is 14.3 Å². The summed E-state index contributed by atoms with van der Waals surface area (Å²) in [6.07, 6.45) is 1.78. The molecular formula is C25H33N3O3. The highest BCUT2D eigenvalue weighted by Crippen LogP contribution is 2.40. The van der Waals surface area contributed by atoms with Crippen LogP contribution < -0.4 is 15.0 Å². The fourth-order valence-electron chi connectivity index (χ4n) is 4.10. The van der Waals surface area contributed by atoms with Crippen molar-refractivity contribution >= 4 is 17.5 Å². The average molecular weight is 424 g/mol. The van der Waals surface area contributed by atoms with E-state index >= 15 is 0 Å². The molecule has 0 aromatic heterocycles. The van der Waals surface area contributed by atoms with Crippen molar-refractivity contribution in [3.8, 4) is 5.75 Å². The van der Waals surface area contributed by atoms with Crippen LogP contribution in [0.2, 0.25) is 0 Å². The summed E-state index contributed by atoms with van der Waals surface area (Å²) in [5.74, 6) is 0.481. The molecule has 2 aromatic carbocycles. The van der Waals surface area contributed by atoms with Gasteiger partial charge in [-0.15, -0.1) is 0 Å². The van der Waals surface area contributed by atoms with Crippen molar-refractivity contribution in [1.82, 2.24) is 10.2 Å². The number of carbonyl (C=O) groups is 2. The third-order valence-corrected chi connectivity index (χ3v) is 5.78. The Labute approximate surface area is 185 Å². The Morgan fingerprint density at radius 2 is 1.81 bits per heavy atom. The summed E-state index contributed by atoms with van der Waals surface area (Å²) >= 11 is 0. The fourth-order valence-corrected chi connectivity index (χ4v) is 4.10. The van der Waals surface area contributed by atoms with Crippen LogP contribution in [0.15, 0.2) is 48.5 Å². The molecule has 0 bridgehead atoms. The van der Waals surface area contributed by atoms with Crippen LogP contribution in [-0.2, 0) is 9.59 Å². The van der Waals surface area contributed by atoms with Crippen LogP contribution in [0.5, 0.6) is 5.75 Å². The minimum absolute atomic E-state index is 0.00388. The van der Waals surface area contributed by atoms with Crippen LogP contribution in [0.25, 0.3) is 0 Å². The second kappa shape index (κ2) is 10.4. The fraction of sp³-hybridized carbons (Fsp3) is 0.440. The van der Waals surface area contributed by atoms with Gasteiger partial charge in [0.1, 0.15) is 5.75 Å². The van der Waals surface area contributed by atoms with E-state index < -0.39 is 0 Å². The first kappa shape index (κ1) is 22.8. The van der Waals surface area contributed by atoms with Gasteiger partial charge in [0.25, 0.3) is 0 Å². The van der Waals surface area contributed by atoms with E-state index in [-0.39, 0.29) is 23.8 Å². The summed E-state index contributed by atoms with van der Waals surface area (Å²) in [6, 6.07) is 15.2. The van der Waals surface area contributed by atoms with Gasteiger partial charge in [0, 0.05) is 18.7 Å². The molecule has 2 unspecified atom stereocenters. The molecule has 2 aromatic rings. The number of piperidine rings is 1. The second-order valence-corrected chi connectivity index (χ2v) is 8.41. The van der Waals surface area contributed by atoms with Crippen LogP contribution in [0.4, 0.5) is 5.69 Å². The maximum Gasteiger partial charge on any atom is 0.227 e. The lowest BCUT2D eigenvalue weighted by Crippen LogP contribution is -2.48. The molecule has 1 heterocycles. The average Bonchev–Trinajstić information content (AvgIpc) is 2.77. The SMILES string of the molecule is COc1ccc(C2C(C(=O)NCCCN(C)C)CCC(=O)N2c2ccc(C)cc2)cc1. The first-order valence-corrected chi connectivity index (χ1v) is 10.9. The van der Waals surface area contributed by atoms with E-state index in [0.717, 1.165) is 35.5 Å². The molecule has 0 saturated carbocycles. The van der Waals surface area contributed by atoms with Crippen LogP contribution in [0.3, 0.4) is 0 Å². The molecule has 166 valence electrons. The minimum atomic E-state index is -0.358. The van der Waals surface area contributed by atoms with Crippen LogP contribution in [0.1, 0.15) is 36.4 Å². The van der Waals surface area contributed by atoms with Gasteiger partial charge in [-0.3, -0.25) is 9.59 Å². The lowest BCUT2D eigenvalue weighted by molar-refractivity contribution is -0.129. The molecule has 0 aliphatic carbocycles. The summed E-state index contributed by atoms with van der Waals surface area (Å²) < 4.78 is 5.30. The molecule has 3 rings (SSSR count). The van der Waals surface area contributed by atoms with E-state index in [9.17, 15) is 9.59 Å². The van der Waals surface area contributed by atoms with Gasteiger partial charge in [-0.25, -0.2) is 0 Å². The van der Waals surface area contributed by atoms with Gasteiger partial charge >= 0.3 is 0 Å². The number of hydrogen-bond donors (Lipinski definition) is 1. The molecule has 31 heavy (non-hydrogen) atoms. The zero-order valence-corrected chi connectivity index (χ0v) is 18.9. The number of amides is 2. The van der Waals surface area contributed by atoms with E-state index in [1.165, 1.54) is 0 Å². The molecule has 1 aliphatic rings. The number of nitrogens with one attached hydrogen (secondary N) is 1. The third-order valence-electron chi connectivity index (χ3n) is 5.78. The number of nitrogens with zero attached hydrogens (tertiary/aromatic N) is 2. The molecule has 0 spiro atoms. The number of benzene rings is 2. The molecule has 1 aliphatic heterocycles. The van der Waals surface area contributed by atoms with Crippen LogP contribution in [-0.4, -0.2) is 51.0 Å². The monoisotopic (exact) mass is 423 g/mol. The van der Waals surface area contributed by atoms with E-state index in [0.29, 0.717) is 19.4 Å². The molecule has 6 nitrogen and oxygen atoms in total. The first-order valence-electron chi connectivity index (χ1n) is 10.9. The lowest BCUT2D eigenvalue weighted by atomic mass is 9.83. The Morgan fingerprint density at radius 1 is 1.13 bits per heavy atom. The van der Waals surface area contributed by atoms with Gasteiger partial charge < -0.3 is 19.9 Å². The van der Waals surface area contributed by atoms with Gasteiger partial charge in [0.15, 0.2) is 0 Å². The Balaban J connectivity index is 1.91. The maximum atomic E-state index is 13.2. The third kappa shape index (κ3) is 5.64. The van der Waals surface area contributed by atoms with Gasteiger partial charge in [-0.2, -0.15) is 0 Å². The van der Waals surface area contributed by atoms with E-state index in [2.05, 4.69) is 10.2 Å². The summed E-state index contributed by atoms with van der Waals surface area (Å²) in [5, 5.41) is 3.10. The van der Waals surface area contributed by atoms with E-state index in [1.54, 1.807) is 12.0 Å². The standard InChI is InChI=1S/C25H33N3O3/c1-18-6-10-20(11-7-18)28-23(29)15-14-22(25(30)26-16-5-17-27(2)3)24(28)19-8-12-21(31-4)13-9-19/h6-13,22,24H,5,14-17H2,1-4H3,(H,26,30). The Bertz CT molecular complexity index is 878. The molecule has 2 amide bonds. The van der Waals surface area contributed by atoms with Crippen molar-refractivity contribution in [3.05, 3.63) is 59.7 Å². The molecule has 6 heteroatoms. The number of methoxy groups -OCH3 is 1. The van der Waals surface area contributed by atoms with Gasteiger partial charge in [-0.1, -0.05) is 29.8 Å². The van der Waals surface area contributed by atoms with Gasteiger partial charge in [0.05, 0.1) is 19.1 Å². The quantitative estimate of drug-likeness (QED) is 0.660. The smallest absolute Gasteiger partial charge is 0.227 e. The maximum absolute atomic E-state index is 13.2. The minimum Gasteiger partial charge on any atom is -0.497 e. The van der Waals surface area contributed by atoms with Crippen molar-refractivity contribution in [2.45, 2.75) is 32.2 Å². The van der Waals surface area contributed by atoms with Gasteiger partial charge in [0.2, 0.25) is 11.8 Å². The predicted octanol–water partition coefficient (Wildman–Crippen LogP) is 3.56. The normalized spacial score (nSPS) is 18.9. The molecular weight excluding hydrogens is 390 g/mol. The summed E-state index contributed by atoms with van der Waals surface area (Å²) in [4.78, 5) is 30.2. The second-order valence-electron chi connectivity index (χ2n) is 8.41. The first-order chi connectivity index (χ1) is 14.9.